The Hall–Kier alpha value is -2.79. The molecule has 3 rings (SSSR count). The molecular formula is C23H29N3O2. The fraction of sp³-hybridized carbons (Fsp3) is 0.348. The topological polar surface area (TPSA) is 69.3 Å². The van der Waals surface area contributed by atoms with E-state index in [4.69, 9.17) is 10.5 Å². The highest BCUT2D eigenvalue weighted by molar-refractivity contribution is 5.87. The van der Waals surface area contributed by atoms with Crippen LogP contribution in [0.5, 0.6) is 5.75 Å². The first-order valence-corrected chi connectivity index (χ1v) is 9.83. The number of carbonyl (C=O) groups excluding carboxylic acids is 1. The maximum atomic E-state index is 11.5. The molecule has 2 aromatic carbocycles. The number of nitrogens with zero attached hydrogens (tertiary/aromatic N) is 1. The van der Waals surface area contributed by atoms with E-state index in [0.717, 1.165) is 34.3 Å². The van der Waals surface area contributed by atoms with Gasteiger partial charge in [0.25, 0.3) is 0 Å². The zero-order valence-corrected chi connectivity index (χ0v) is 16.9. The van der Waals surface area contributed by atoms with Crippen molar-refractivity contribution < 1.29 is 9.53 Å². The molecule has 1 atom stereocenters. The molecule has 0 aliphatic carbocycles. The molecule has 0 saturated heterocycles. The molecular weight excluding hydrogens is 350 g/mol. The first kappa shape index (κ1) is 20.0. The molecule has 0 spiro atoms. The number of fused-ring (bicyclic) bond motifs is 1. The number of carbonyl (C=O) groups is 1. The third-order valence-corrected chi connectivity index (χ3v) is 5.11. The van der Waals surface area contributed by atoms with E-state index in [2.05, 4.69) is 31.3 Å². The van der Waals surface area contributed by atoms with Gasteiger partial charge in [-0.2, -0.15) is 0 Å². The second kappa shape index (κ2) is 8.93. The highest BCUT2D eigenvalue weighted by atomic mass is 16.5. The Labute approximate surface area is 166 Å². The third kappa shape index (κ3) is 4.20. The van der Waals surface area contributed by atoms with Crippen molar-refractivity contribution in [2.24, 2.45) is 5.73 Å². The quantitative estimate of drug-likeness (QED) is 0.589. The van der Waals surface area contributed by atoms with E-state index in [-0.39, 0.29) is 18.5 Å². The third-order valence-electron chi connectivity index (χ3n) is 5.11. The zero-order valence-electron chi connectivity index (χ0n) is 16.9. The molecule has 0 aliphatic rings. The summed E-state index contributed by atoms with van der Waals surface area (Å²) in [5.41, 5.74) is 9.90. The number of ether oxygens (including phenoxy) is 1. The summed E-state index contributed by atoms with van der Waals surface area (Å²) in [6.07, 6.45) is 0.981. The van der Waals surface area contributed by atoms with Crippen LogP contribution in [0.1, 0.15) is 43.1 Å². The Kier molecular flexibility index (Phi) is 6.37. The monoisotopic (exact) mass is 379 g/mol. The Morgan fingerprint density at radius 2 is 1.89 bits per heavy atom. The summed E-state index contributed by atoms with van der Waals surface area (Å²) in [6, 6.07) is 16.4. The van der Waals surface area contributed by atoms with Crippen LogP contribution in [0.15, 0.2) is 48.5 Å². The first-order chi connectivity index (χ1) is 13.5. The first-order valence-electron chi connectivity index (χ1n) is 9.83. The number of hydrogen-bond donors (Lipinski definition) is 2. The molecule has 0 aliphatic heterocycles. The van der Waals surface area contributed by atoms with Crippen LogP contribution in [-0.4, -0.2) is 17.1 Å². The Balaban J connectivity index is 1.84. The van der Waals surface area contributed by atoms with Crippen LogP contribution in [0.2, 0.25) is 0 Å². The summed E-state index contributed by atoms with van der Waals surface area (Å²) in [5.74, 6) is 0.593. The number of benzene rings is 2. The van der Waals surface area contributed by atoms with Gasteiger partial charge in [-0.3, -0.25) is 4.79 Å². The van der Waals surface area contributed by atoms with Gasteiger partial charge in [0.1, 0.15) is 12.3 Å². The van der Waals surface area contributed by atoms with Crippen LogP contribution >= 0.6 is 0 Å². The van der Waals surface area contributed by atoms with Crippen molar-refractivity contribution in [1.82, 2.24) is 9.88 Å². The standard InChI is InChI=1S/C23H29N3O2/c1-4-13-28-22-12-8-6-9-18(22)16(2)25-14-20-17(3)26(15-23(24)27)21-11-7-5-10-19(20)21/h5-12,16,25H,4,13-15H2,1-3H3,(H2,24,27)/t16-/m1/s1. The fourth-order valence-corrected chi connectivity index (χ4v) is 3.63. The Bertz CT molecular complexity index is 962. The fourth-order valence-electron chi connectivity index (χ4n) is 3.63. The second-order valence-corrected chi connectivity index (χ2v) is 7.12. The Morgan fingerprint density at radius 1 is 1.18 bits per heavy atom. The van der Waals surface area contributed by atoms with Gasteiger partial charge in [-0.25, -0.2) is 0 Å². The van der Waals surface area contributed by atoms with Crippen molar-refractivity contribution >= 4 is 16.8 Å². The van der Waals surface area contributed by atoms with Crippen LogP contribution < -0.4 is 15.8 Å². The van der Waals surface area contributed by atoms with Gasteiger partial charge in [0, 0.05) is 34.7 Å². The number of nitrogens with one attached hydrogen (secondary N) is 1. The summed E-state index contributed by atoms with van der Waals surface area (Å²) in [7, 11) is 0. The van der Waals surface area contributed by atoms with Gasteiger partial charge in [-0.1, -0.05) is 43.3 Å². The lowest BCUT2D eigenvalue weighted by Crippen LogP contribution is -2.21. The lowest BCUT2D eigenvalue weighted by atomic mass is 10.1. The van der Waals surface area contributed by atoms with E-state index < -0.39 is 0 Å². The molecule has 148 valence electrons. The number of rotatable bonds is 9. The van der Waals surface area contributed by atoms with Crippen molar-refractivity contribution in [3.8, 4) is 5.75 Å². The van der Waals surface area contributed by atoms with Gasteiger partial charge >= 0.3 is 0 Å². The van der Waals surface area contributed by atoms with E-state index in [1.165, 1.54) is 5.56 Å². The molecule has 3 N–H and O–H groups in total. The van der Waals surface area contributed by atoms with Crippen molar-refractivity contribution in [2.75, 3.05) is 6.61 Å². The minimum Gasteiger partial charge on any atom is -0.493 e. The van der Waals surface area contributed by atoms with E-state index in [1.807, 2.05) is 47.9 Å². The lowest BCUT2D eigenvalue weighted by molar-refractivity contribution is -0.118. The summed E-state index contributed by atoms with van der Waals surface area (Å²) in [5, 5.41) is 4.77. The van der Waals surface area contributed by atoms with Gasteiger partial charge in [0.05, 0.1) is 6.61 Å². The van der Waals surface area contributed by atoms with Crippen LogP contribution in [0.25, 0.3) is 10.9 Å². The summed E-state index contributed by atoms with van der Waals surface area (Å²) < 4.78 is 7.90. The normalized spacial score (nSPS) is 12.2. The molecule has 0 fully saturated rings. The second-order valence-electron chi connectivity index (χ2n) is 7.12. The van der Waals surface area contributed by atoms with Gasteiger partial charge < -0.3 is 20.4 Å². The molecule has 0 radical (unpaired) electrons. The average molecular weight is 380 g/mol. The lowest BCUT2D eigenvalue weighted by Gasteiger charge is -2.18. The van der Waals surface area contributed by atoms with Crippen LogP contribution in [0.4, 0.5) is 0 Å². The maximum absolute atomic E-state index is 11.5. The van der Waals surface area contributed by atoms with Gasteiger partial charge in [-0.15, -0.1) is 0 Å². The zero-order chi connectivity index (χ0) is 20.1. The smallest absolute Gasteiger partial charge is 0.237 e. The number of para-hydroxylation sites is 2. The van der Waals surface area contributed by atoms with Crippen LogP contribution in [0.3, 0.4) is 0 Å². The summed E-state index contributed by atoms with van der Waals surface area (Å²) in [4.78, 5) is 11.5. The van der Waals surface area contributed by atoms with Crippen LogP contribution in [0, 0.1) is 6.92 Å². The van der Waals surface area contributed by atoms with Crippen LogP contribution in [-0.2, 0) is 17.9 Å². The van der Waals surface area contributed by atoms with E-state index in [9.17, 15) is 4.79 Å². The minimum atomic E-state index is -0.335. The van der Waals surface area contributed by atoms with Crippen molar-refractivity contribution in [2.45, 2.75) is 46.3 Å². The molecule has 0 unspecified atom stereocenters. The highest BCUT2D eigenvalue weighted by Crippen LogP contribution is 2.28. The Morgan fingerprint density at radius 3 is 2.64 bits per heavy atom. The predicted octanol–water partition coefficient (Wildman–Crippen LogP) is 4.07. The molecule has 0 saturated carbocycles. The van der Waals surface area contributed by atoms with Gasteiger partial charge in [0.15, 0.2) is 0 Å². The van der Waals surface area contributed by atoms with Crippen molar-refractivity contribution in [3.05, 3.63) is 65.4 Å². The molecule has 1 heterocycles. The molecule has 0 bridgehead atoms. The molecule has 5 nitrogen and oxygen atoms in total. The molecule has 28 heavy (non-hydrogen) atoms. The maximum Gasteiger partial charge on any atom is 0.237 e. The molecule has 5 heteroatoms. The van der Waals surface area contributed by atoms with Crippen molar-refractivity contribution in [1.29, 1.82) is 0 Å². The number of nitrogens with two attached hydrogens (primary N) is 1. The minimum absolute atomic E-state index is 0.130. The number of aromatic nitrogens is 1. The molecule has 1 amide bonds. The van der Waals surface area contributed by atoms with E-state index in [1.54, 1.807) is 0 Å². The largest absolute Gasteiger partial charge is 0.493 e. The number of hydrogen-bond acceptors (Lipinski definition) is 3. The van der Waals surface area contributed by atoms with Gasteiger partial charge in [-0.05, 0) is 38.0 Å². The van der Waals surface area contributed by atoms with E-state index in [0.29, 0.717) is 13.2 Å². The van der Waals surface area contributed by atoms with E-state index >= 15 is 0 Å². The number of amides is 1. The highest BCUT2D eigenvalue weighted by Gasteiger charge is 2.17. The predicted molar refractivity (Wildman–Crippen MR) is 113 cm³/mol. The molecule has 3 aromatic rings. The molecule has 1 aromatic heterocycles. The van der Waals surface area contributed by atoms with Gasteiger partial charge in [0.2, 0.25) is 5.91 Å². The summed E-state index contributed by atoms with van der Waals surface area (Å²) >= 11 is 0. The summed E-state index contributed by atoms with van der Waals surface area (Å²) in [6.45, 7) is 7.89. The SMILES string of the molecule is CCCOc1ccccc1[C@@H](C)NCc1c(C)n(CC(N)=O)c2ccccc12. The average Bonchev–Trinajstić information content (AvgIpc) is 2.95. The van der Waals surface area contributed by atoms with Crippen molar-refractivity contribution in [3.63, 3.8) is 0 Å². The number of primary amides is 1.